The van der Waals surface area contributed by atoms with Crippen LogP contribution in [0.3, 0.4) is 0 Å². The molecule has 0 spiro atoms. The van der Waals surface area contributed by atoms with Gasteiger partial charge in [0.25, 0.3) is 5.97 Å². The summed E-state index contributed by atoms with van der Waals surface area (Å²) >= 11 is 0. The SMILES string of the molecule is CCCCC/C=C\C/C=C\CCCCCCCCC(CCCCCCCC/C=C\C/C=C\CCCCC)COC1(C)OCC(C(C)(C)C(C)C)O1.CNC. The van der Waals surface area contributed by atoms with E-state index >= 15 is 0 Å². The van der Waals surface area contributed by atoms with E-state index in [9.17, 15) is 0 Å². The average molecular weight is 758 g/mol. The Kier molecular flexibility index (Phi) is 36.6. The third-order valence-corrected chi connectivity index (χ3v) is 11.4. The summed E-state index contributed by atoms with van der Waals surface area (Å²) in [5.74, 6) is 0.199. The van der Waals surface area contributed by atoms with Crippen LogP contribution < -0.4 is 5.32 Å². The molecule has 0 saturated carbocycles. The summed E-state index contributed by atoms with van der Waals surface area (Å²) in [4.78, 5) is 0. The highest BCUT2D eigenvalue weighted by molar-refractivity contribution is 4.93. The van der Waals surface area contributed by atoms with Gasteiger partial charge in [0.15, 0.2) is 0 Å². The summed E-state index contributed by atoms with van der Waals surface area (Å²) in [5.41, 5.74) is 0.0584. The smallest absolute Gasteiger partial charge is 0.280 e. The molecule has 1 rings (SSSR count). The zero-order chi connectivity index (χ0) is 40.0. The zero-order valence-electron chi connectivity index (χ0n) is 37.9. The van der Waals surface area contributed by atoms with Crippen LogP contribution in [-0.4, -0.2) is 39.4 Å². The summed E-state index contributed by atoms with van der Waals surface area (Å²) < 4.78 is 19.0. The molecular weight excluding hydrogens is 663 g/mol. The first-order valence-electron chi connectivity index (χ1n) is 23.3. The molecule has 4 heteroatoms. The molecule has 1 aliphatic heterocycles. The number of rotatable bonds is 35. The van der Waals surface area contributed by atoms with E-state index in [1.165, 1.54) is 154 Å². The van der Waals surface area contributed by atoms with Crippen molar-refractivity contribution in [2.45, 2.75) is 227 Å². The Morgan fingerprint density at radius 3 is 1.37 bits per heavy atom. The van der Waals surface area contributed by atoms with Crippen LogP contribution in [0.4, 0.5) is 0 Å². The van der Waals surface area contributed by atoms with Gasteiger partial charge < -0.3 is 19.5 Å². The van der Waals surface area contributed by atoms with Crippen molar-refractivity contribution in [1.82, 2.24) is 5.32 Å². The van der Waals surface area contributed by atoms with Crippen molar-refractivity contribution in [2.24, 2.45) is 17.3 Å². The second kappa shape index (κ2) is 37.4. The summed E-state index contributed by atoms with van der Waals surface area (Å²) in [6.07, 6.45) is 52.7. The van der Waals surface area contributed by atoms with Crippen molar-refractivity contribution in [3.8, 4) is 0 Å². The Labute approximate surface area is 339 Å². The molecule has 0 aliphatic carbocycles. The highest BCUT2D eigenvalue weighted by Crippen LogP contribution is 2.40. The van der Waals surface area contributed by atoms with Crippen LogP contribution in [0.2, 0.25) is 0 Å². The van der Waals surface area contributed by atoms with Gasteiger partial charge in [-0.25, -0.2) is 0 Å². The molecule has 1 aliphatic rings. The van der Waals surface area contributed by atoms with Crippen LogP contribution in [0.15, 0.2) is 48.6 Å². The van der Waals surface area contributed by atoms with Crippen LogP contribution in [0.25, 0.3) is 0 Å². The highest BCUT2D eigenvalue weighted by Gasteiger charge is 2.46. The second-order valence-corrected chi connectivity index (χ2v) is 17.2. The van der Waals surface area contributed by atoms with E-state index < -0.39 is 5.97 Å². The van der Waals surface area contributed by atoms with Gasteiger partial charge in [0.1, 0.15) is 0 Å². The summed E-state index contributed by atoms with van der Waals surface area (Å²) in [5, 5.41) is 2.75. The quantitative estimate of drug-likeness (QED) is 0.0516. The van der Waals surface area contributed by atoms with E-state index in [-0.39, 0.29) is 11.5 Å². The van der Waals surface area contributed by atoms with Gasteiger partial charge in [-0.3, -0.25) is 0 Å². The summed E-state index contributed by atoms with van der Waals surface area (Å²) in [6, 6.07) is 0. The van der Waals surface area contributed by atoms with Crippen molar-refractivity contribution in [3.05, 3.63) is 48.6 Å². The maximum Gasteiger partial charge on any atom is 0.280 e. The van der Waals surface area contributed by atoms with E-state index in [2.05, 4.69) is 95.5 Å². The normalized spacial score (nSPS) is 18.1. The van der Waals surface area contributed by atoms with Crippen LogP contribution >= 0.6 is 0 Å². The fourth-order valence-electron chi connectivity index (χ4n) is 6.79. The van der Waals surface area contributed by atoms with Gasteiger partial charge in [0.05, 0.1) is 19.3 Å². The number of unbranched alkanes of at least 4 members (excludes halogenated alkanes) is 18. The minimum atomic E-state index is -0.909. The number of hydrogen-bond acceptors (Lipinski definition) is 4. The lowest BCUT2D eigenvalue weighted by atomic mass is 9.76. The molecule has 2 unspecified atom stereocenters. The van der Waals surface area contributed by atoms with Gasteiger partial charge in [-0.15, -0.1) is 0 Å². The van der Waals surface area contributed by atoms with Crippen molar-refractivity contribution >= 4 is 0 Å². The van der Waals surface area contributed by atoms with Crippen LogP contribution in [-0.2, 0) is 14.2 Å². The molecule has 2 atom stereocenters. The van der Waals surface area contributed by atoms with E-state index in [4.69, 9.17) is 14.2 Å². The predicted molar refractivity (Wildman–Crippen MR) is 240 cm³/mol. The van der Waals surface area contributed by atoms with Gasteiger partial charge >= 0.3 is 0 Å². The van der Waals surface area contributed by atoms with Crippen LogP contribution in [0, 0.1) is 17.3 Å². The lowest BCUT2D eigenvalue weighted by Gasteiger charge is -2.35. The van der Waals surface area contributed by atoms with Crippen molar-refractivity contribution < 1.29 is 14.2 Å². The molecule has 0 aromatic carbocycles. The molecule has 0 amide bonds. The molecule has 54 heavy (non-hydrogen) atoms. The van der Waals surface area contributed by atoms with E-state index in [0.29, 0.717) is 18.4 Å². The molecule has 4 nitrogen and oxygen atoms in total. The van der Waals surface area contributed by atoms with Crippen LogP contribution in [0.5, 0.6) is 0 Å². The van der Waals surface area contributed by atoms with E-state index in [0.717, 1.165) is 19.4 Å². The molecule has 1 fully saturated rings. The third-order valence-electron chi connectivity index (χ3n) is 11.4. The minimum absolute atomic E-state index is 0.0584. The standard InChI is InChI=1S/C48H88O3.C2H7N/c1-8-10-12-14-16-18-20-22-24-26-28-30-32-34-36-38-40-45(42-49-48(7)50-43-46(51-48)47(5,6)44(3)4)41-39-37-35-33-31-29-27-25-23-21-19-17-15-13-11-9-2;1-3-2/h16-19,22-25,44-46H,8-15,20-21,26-43H2,1-7H3;3H,1-2H3/b18-16-,19-17-,24-22-,25-23-;. The second-order valence-electron chi connectivity index (χ2n) is 17.2. The number of hydrogen-bond donors (Lipinski definition) is 1. The Morgan fingerprint density at radius 1 is 0.611 bits per heavy atom. The Hall–Kier alpha value is -1.20. The lowest BCUT2D eigenvalue weighted by molar-refractivity contribution is -0.334. The molecule has 0 aromatic rings. The molecule has 0 radical (unpaired) electrons. The first-order valence-corrected chi connectivity index (χ1v) is 23.3. The number of allylic oxidation sites excluding steroid dienone is 8. The lowest BCUT2D eigenvalue weighted by Crippen LogP contribution is -2.39. The van der Waals surface area contributed by atoms with Gasteiger partial charge in [0, 0.05) is 6.92 Å². The Balaban J connectivity index is 0.00000903. The van der Waals surface area contributed by atoms with Gasteiger partial charge in [-0.05, 0) is 108 Å². The fraction of sp³-hybridized carbons (Fsp3) is 0.840. The predicted octanol–water partition coefficient (Wildman–Crippen LogP) is 15.6. The Morgan fingerprint density at radius 2 is 0.981 bits per heavy atom. The zero-order valence-corrected chi connectivity index (χ0v) is 37.9. The molecule has 1 heterocycles. The summed E-state index contributed by atoms with van der Waals surface area (Å²) in [7, 11) is 3.75. The number of ether oxygens (including phenoxy) is 3. The molecule has 1 N–H and O–H groups in total. The van der Waals surface area contributed by atoms with Crippen molar-refractivity contribution in [1.29, 1.82) is 0 Å². The minimum Gasteiger partial charge on any atom is -0.327 e. The van der Waals surface area contributed by atoms with E-state index in [1.54, 1.807) is 0 Å². The van der Waals surface area contributed by atoms with Gasteiger partial charge in [0.2, 0.25) is 0 Å². The average Bonchev–Trinajstić information content (AvgIpc) is 3.56. The Bertz CT molecular complexity index is 858. The first-order chi connectivity index (χ1) is 26.2. The highest BCUT2D eigenvalue weighted by atomic mass is 16.9. The maximum absolute atomic E-state index is 6.45. The van der Waals surface area contributed by atoms with Crippen molar-refractivity contribution in [3.63, 3.8) is 0 Å². The first kappa shape index (κ1) is 52.8. The van der Waals surface area contributed by atoms with Crippen LogP contribution in [0.1, 0.15) is 215 Å². The molecule has 0 aromatic heterocycles. The van der Waals surface area contributed by atoms with Crippen molar-refractivity contribution in [2.75, 3.05) is 27.3 Å². The maximum atomic E-state index is 6.45. The third kappa shape index (κ3) is 31.0. The topological polar surface area (TPSA) is 39.7 Å². The van der Waals surface area contributed by atoms with E-state index in [1.807, 2.05) is 21.0 Å². The number of nitrogens with one attached hydrogen (secondary N) is 1. The largest absolute Gasteiger partial charge is 0.327 e. The van der Waals surface area contributed by atoms with Gasteiger partial charge in [-0.2, -0.15) is 0 Å². The fourth-order valence-corrected chi connectivity index (χ4v) is 6.79. The molecular formula is C50H95NO3. The molecule has 1 saturated heterocycles. The molecule has 0 bridgehead atoms. The summed E-state index contributed by atoms with van der Waals surface area (Å²) in [6.45, 7) is 17.0. The van der Waals surface area contributed by atoms with Gasteiger partial charge in [-0.1, -0.05) is 180 Å². The monoisotopic (exact) mass is 758 g/mol. The molecule has 318 valence electrons.